The van der Waals surface area contributed by atoms with E-state index in [2.05, 4.69) is 12.1 Å². The Morgan fingerprint density at radius 1 is 0.966 bits per heavy atom. The normalized spacial score (nSPS) is 20.9. The summed E-state index contributed by atoms with van der Waals surface area (Å²) in [6.07, 6.45) is 3.60. The summed E-state index contributed by atoms with van der Waals surface area (Å²) >= 11 is 0. The molecule has 2 amide bonds. The van der Waals surface area contributed by atoms with Crippen molar-refractivity contribution >= 4 is 34.1 Å². The van der Waals surface area contributed by atoms with Gasteiger partial charge in [0.05, 0.1) is 5.70 Å². The van der Waals surface area contributed by atoms with Crippen LogP contribution in [0.25, 0.3) is 16.5 Å². The maximum absolute atomic E-state index is 13.4. The molecule has 1 saturated heterocycles. The van der Waals surface area contributed by atoms with Gasteiger partial charge in [-0.05, 0) is 55.9 Å². The van der Waals surface area contributed by atoms with Gasteiger partial charge in [-0.2, -0.15) is 0 Å². The highest BCUT2D eigenvalue weighted by atomic mass is 16.2. The van der Waals surface area contributed by atoms with Crippen LogP contribution < -0.4 is 0 Å². The van der Waals surface area contributed by atoms with E-state index < -0.39 is 17.2 Å². The minimum atomic E-state index is -0.662. The molecule has 0 spiro atoms. The molecule has 0 bridgehead atoms. The van der Waals surface area contributed by atoms with Crippen molar-refractivity contribution in [2.45, 2.75) is 45.1 Å². The number of piperidine rings is 1. The Balaban J connectivity index is 1.77. The van der Waals surface area contributed by atoms with Crippen LogP contribution in [-0.2, 0) is 20.8 Å². The molecule has 2 aromatic rings. The zero-order valence-electron chi connectivity index (χ0n) is 16.8. The van der Waals surface area contributed by atoms with E-state index in [0.717, 1.165) is 41.2 Å². The van der Waals surface area contributed by atoms with Crippen molar-refractivity contribution in [3.05, 3.63) is 53.1 Å². The number of benzene rings is 2. The number of amides is 2. The van der Waals surface area contributed by atoms with Gasteiger partial charge >= 0.3 is 0 Å². The molecule has 0 aromatic heterocycles. The van der Waals surface area contributed by atoms with Gasteiger partial charge in [0, 0.05) is 24.2 Å². The summed E-state index contributed by atoms with van der Waals surface area (Å²) in [5, 5.41) is 2.23. The van der Waals surface area contributed by atoms with Crippen LogP contribution >= 0.6 is 0 Å². The monoisotopic (exact) mass is 388 g/mol. The Bertz CT molecular complexity index is 1110. The van der Waals surface area contributed by atoms with Crippen molar-refractivity contribution in [3.8, 4) is 0 Å². The van der Waals surface area contributed by atoms with Crippen LogP contribution in [0.2, 0.25) is 0 Å². The number of Topliss-reactive ketones (excluding diaryl/α,β-unsaturated/α-hetero) is 1. The first-order valence-electron chi connectivity index (χ1n) is 10.3. The second kappa shape index (κ2) is 6.28. The van der Waals surface area contributed by atoms with Crippen molar-refractivity contribution in [2.24, 2.45) is 0 Å². The lowest BCUT2D eigenvalue weighted by atomic mass is 9.81. The van der Waals surface area contributed by atoms with Crippen LogP contribution in [0.15, 0.2) is 42.0 Å². The highest BCUT2D eigenvalue weighted by Gasteiger charge is 2.51. The van der Waals surface area contributed by atoms with E-state index in [4.69, 9.17) is 0 Å². The number of hydrogen-bond donors (Lipinski definition) is 0. The molecule has 5 rings (SSSR count). The average Bonchev–Trinajstić information content (AvgIpc) is 3.00. The van der Waals surface area contributed by atoms with Crippen LogP contribution in [0.3, 0.4) is 0 Å². The summed E-state index contributed by atoms with van der Waals surface area (Å²) in [6.45, 7) is 5.23. The molecule has 3 aliphatic rings. The Hall–Kier alpha value is -2.95. The van der Waals surface area contributed by atoms with E-state index in [1.54, 1.807) is 9.80 Å². The third-order valence-electron chi connectivity index (χ3n) is 6.45. The van der Waals surface area contributed by atoms with E-state index in [1.165, 1.54) is 0 Å². The molecule has 2 aromatic carbocycles. The van der Waals surface area contributed by atoms with E-state index in [0.29, 0.717) is 25.2 Å². The molecular weight excluding hydrogens is 364 g/mol. The van der Waals surface area contributed by atoms with Gasteiger partial charge < -0.3 is 4.90 Å². The molecule has 0 N–H and O–H groups in total. The summed E-state index contributed by atoms with van der Waals surface area (Å²) in [4.78, 5) is 42.7. The Labute approximate surface area is 170 Å². The zero-order chi connectivity index (χ0) is 20.3. The highest BCUT2D eigenvalue weighted by molar-refractivity contribution is 6.55. The summed E-state index contributed by atoms with van der Waals surface area (Å²) in [5.74, 6) is -1.54. The van der Waals surface area contributed by atoms with Crippen LogP contribution in [0.5, 0.6) is 0 Å². The largest absolute Gasteiger partial charge is 0.338 e. The average molecular weight is 388 g/mol. The fourth-order valence-corrected chi connectivity index (χ4v) is 5.08. The molecule has 3 aliphatic heterocycles. The first kappa shape index (κ1) is 18.1. The number of ketones is 1. The molecular formula is C24H24N2O3. The van der Waals surface area contributed by atoms with Crippen LogP contribution in [0, 0.1) is 0 Å². The predicted molar refractivity (Wildman–Crippen MR) is 111 cm³/mol. The van der Waals surface area contributed by atoms with Crippen LogP contribution in [0.1, 0.15) is 44.2 Å². The van der Waals surface area contributed by atoms with Crippen molar-refractivity contribution in [2.75, 3.05) is 13.1 Å². The van der Waals surface area contributed by atoms with Crippen molar-refractivity contribution in [3.63, 3.8) is 0 Å². The van der Waals surface area contributed by atoms with Crippen molar-refractivity contribution < 1.29 is 14.4 Å². The van der Waals surface area contributed by atoms with Gasteiger partial charge in [-0.25, -0.2) is 0 Å². The first-order valence-corrected chi connectivity index (χ1v) is 10.3. The van der Waals surface area contributed by atoms with E-state index in [9.17, 15) is 14.4 Å². The number of carbonyl (C=O) groups excluding carboxylic acids is 3. The van der Waals surface area contributed by atoms with Gasteiger partial charge in [0.25, 0.3) is 17.6 Å². The molecule has 0 radical (unpaired) electrons. The Morgan fingerprint density at radius 3 is 2.45 bits per heavy atom. The molecule has 5 heteroatoms. The van der Waals surface area contributed by atoms with Gasteiger partial charge in [0.15, 0.2) is 0 Å². The minimum absolute atomic E-state index is 0.0567. The van der Waals surface area contributed by atoms with Crippen LogP contribution in [-0.4, -0.2) is 46.0 Å². The molecule has 0 unspecified atom stereocenters. The quantitative estimate of drug-likeness (QED) is 0.556. The summed E-state index contributed by atoms with van der Waals surface area (Å²) in [6, 6.07) is 12.1. The molecule has 0 atom stereocenters. The van der Waals surface area contributed by atoms with Gasteiger partial charge in [0.2, 0.25) is 0 Å². The Kier molecular flexibility index (Phi) is 3.92. The Morgan fingerprint density at radius 2 is 1.69 bits per heavy atom. The fraction of sp³-hybridized carbons (Fsp3) is 0.375. The summed E-state index contributed by atoms with van der Waals surface area (Å²) < 4.78 is 0. The number of carbonyl (C=O) groups is 3. The SMILES string of the molecule is CC1(C)Cc2c(ccc3ccccc23)C2=C(C(=O)N3CCCCC3)C(=O)C(=O)N21. The van der Waals surface area contributed by atoms with E-state index in [-0.39, 0.29) is 11.5 Å². The van der Waals surface area contributed by atoms with Gasteiger partial charge in [-0.3, -0.25) is 19.3 Å². The number of hydrogen-bond acceptors (Lipinski definition) is 3. The predicted octanol–water partition coefficient (Wildman–Crippen LogP) is 3.31. The number of fused-ring (bicyclic) bond motifs is 5. The molecule has 3 heterocycles. The molecule has 148 valence electrons. The topological polar surface area (TPSA) is 57.7 Å². The second-order valence-electron chi connectivity index (χ2n) is 8.85. The maximum atomic E-state index is 13.4. The lowest BCUT2D eigenvalue weighted by molar-refractivity contribution is -0.143. The van der Waals surface area contributed by atoms with Gasteiger partial charge in [-0.15, -0.1) is 0 Å². The molecule has 5 nitrogen and oxygen atoms in total. The van der Waals surface area contributed by atoms with Gasteiger partial charge in [0.1, 0.15) is 5.57 Å². The fourth-order valence-electron chi connectivity index (χ4n) is 5.08. The lowest BCUT2D eigenvalue weighted by Crippen LogP contribution is -2.49. The molecule has 1 fully saturated rings. The first-order chi connectivity index (χ1) is 13.9. The van der Waals surface area contributed by atoms with Crippen molar-refractivity contribution in [1.82, 2.24) is 9.80 Å². The standard InChI is InChI=1S/C24H24N2O3/c1-24(2)14-18-16-9-5-4-8-15(16)10-11-17(18)20-19(21(27)23(29)26(20)24)22(28)25-12-6-3-7-13-25/h4-5,8-11H,3,6-7,12-14H2,1-2H3. The van der Waals surface area contributed by atoms with Gasteiger partial charge in [-0.1, -0.05) is 36.4 Å². The van der Waals surface area contributed by atoms with E-state index in [1.807, 2.05) is 38.1 Å². The summed E-state index contributed by atoms with van der Waals surface area (Å²) in [5.41, 5.74) is 1.92. The minimum Gasteiger partial charge on any atom is -0.338 e. The third kappa shape index (κ3) is 2.56. The highest BCUT2D eigenvalue weighted by Crippen LogP contribution is 2.46. The maximum Gasteiger partial charge on any atom is 0.300 e. The molecule has 0 saturated carbocycles. The van der Waals surface area contributed by atoms with E-state index >= 15 is 0 Å². The molecule has 29 heavy (non-hydrogen) atoms. The zero-order valence-corrected chi connectivity index (χ0v) is 16.8. The molecule has 0 aliphatic carbocycles. The number of nitrogens with zero attached hydrogens (tertiary/aromatic N) is 2. The number of rotatable bonds is 1. The lowest BCUT2D eigenvalue weighted by Gasteiger charge is -2.42. The third-order valence-corrected chi connectivity index (χ3v) is 6.45. The van der Waals surface area contributed by atoms with Crippen molar-refractivity contribution in [1.29, 1.82) is 0 Å². The van der Waals surface area contributed by atoms with Crippen LogP contribution in [0.4, 0.5) is 0 Å². The second-order valence-corrected chi connectivity index (χ2v) is 8.85. The smallest absolute Gasteiger partial charge is 0.300 e. The number of likely N-dealkylation sites (tertiary alicyclic amines) is 1. The summed E-state index contributed by atoms with van der Waals surface area (Å²) in [7, 11) is 0.